The molecule has 1 heterocycles. The SMILES string of the molecule is N[C@@H]1C(=O)N(Cc2ccccc2)[C@H]1c1ccc(C(F)(F)F)cc1. The standard InChI is InChI=1S/C17H15F3N2O/c18-17(19,20)13-8-6-12(7-9-13)15-14(21)16(23)22(15)10-11-4-2-1-3-5-11/h1-9,14-15H,10,21H2/t14-,15-/m0/s1. The molecule has 3 rings (SSSR count). The van der Waals surface area contributed by atoms with Gasteiger partial charge in [-0.25, -0.2) is 0 Å². The van der Waals surface area contributed by atoms with E-state index in [0.717, 1.165) is 17.7 Å². The largest absolute Gasteiger partial charge is 0.416 e. The second-order valence-corrected chi connectivity index (χ2v) is 5.54. The van der Waals surface area contributed by atoms with E-state index in [1.165, 1.54) is 12.1 Å². The Labute approximate surface area is 131 Å². The molecule has 2 atom stereocenters. The van der Waals surface area contributed by atoms with Crippen LogP contribution in [0.5, 0.6) is 0 Å². The zero-order valence-electron chi connectivity index (χ0n) is 12.1. The van der Waals surface area contributed by atoms with Crippen molar-refractivity contribution in [1.82, 2.24) is 4.90 Å². The number of hydrogen-bond acceptors (Lipinski definition) is 2. The highest BCUT2D eigenvalue weighted by molar-refractivity contribution is 5.89. The Morgan fingerprint density at radius 2 is 1.61 bits per heavy atom. The predicted octanol–water partition coefficient (Wildman–Crippen LogP) is 3.12. The van der Waals surface area contributed by atoms with Crippen LogP contribution in [0.2, 0.25) is 0 Å². The van der Waals surface area contributed by atoms with E-state index in [2.05, 4.69) is 0 Å². The zero-order valence-corrected chi connectivity index (χ0v) is 12.1. The fourth-order valence-corrected chi connectivity index (χ4v) is 2.79. The number of benzene rings is 2. The molecular weight excluding hydrogens is 305 g/mol. The van der Waals surface area contributed by atoms with Crippen LogP contribution < -0.4 is 5.73 Å². The highest BCUT2D eigenvalue weighted by Crippen LogP contribution is 2.36. The van der Waals surface area contributed by atoms with Gasteiger partial charge in [-0.15, -0.1) is 0 Å². The Hall–Kier alpha value is -2.34. The minimum Gasteiger partial charge on any atom is -0.328 e. The molecule has 6 heteroatoms. The molecule has 1 aliphatic heterocycles. The summed E-state index contributed by atoms with van der Waals surface area (Å²) in [5.74, 6) is -0.196. The minimum atomic E-state index is -4.38. The first-order chi connectivity index (χ1) is 10.9. The van der Waals surface area contributed by atoms with E-state index < -0.39 is 23.8 Å². The molecule has 1 amide bonds. The van der Waals surface area contributed by atoms with Crippen molar-refractivity contribution in [3.63, 3.8) is 0 Å². The Morgan fingerprint density at radius 1 is 1.00 bits per heavy atom. The normalized spacial score (nSPS) is 21.2. The van der Waals surface area contributed by atoms with Crippen LogP contribution in [0.15, 0.2) is 54.6 Å². The van der Waals surface area contributed by atoms with Gasteiger partial charge in [-0.2, -0.15) is 13.2 Å². The third-order valence-corrected chi connectivity index (χ3v) is 4.02. The van der Waals surface area contributed by atoms with Crippen molar-refractivity contribution >= 4 is 5.91 Å². The van der Waals surface area contributed by atoms with Crippen molar-refractivity contribution in [3.8, 4) is 0 Å². The van der Waals surface area contributed by atoms with Crippen LogP contribution >= 0.6 is 0 Å². The molecular formula is C17H15F3N2O. The second-order valence-electron chi connectivity index (χ2n) is 5.54. The number of halogens is 3. The molecule has 2 N–H and O–H groups in total. The maximum Gasteiger partial charge on any atom is 0.416 e. The predicted molar refractivity (Wildman–Crippen MR) is 79.2 cm³/mol. The van der Waals surface area contributed by atoms with Gasteiger partial charge >= 0.3 is 6.18 Å². The summed E-state index contributed by atoms with van der Waals surface area (Å²) in [6.07, 6.45) is -4.38. The summed E-state index contributed by atoms with van der Waals surface area (Å²) in [4.78, 5) is 13.6. The van der Waals surface area contributed by atoms with E-state index in [1.54, 1.807) is 4.90 Å². The third kappa shape index (κ3) is 2.94. The van der Waals surface area contributed by atoms with Crippen LogP contribution in [0, 0.1) is 0 Å². The van der Waals surface area contributed by atoms with Crippen molar-refractivity contribution in [3.05, 3.63) is 71.3 Å². The van der Waals surface area contributed by atoms with Crippen molar-refractivity contribution in [2.24, 2.45) is 5.73 Å². The first-order valence-corrected chi connectivity index (χ1v) is 7.15. The Morgan fingerprint density at radius 3 is 2.17 bits per heavy atom. The first kappa shape index (κ1) is 15.6. The molecule has 2 aromatic carbocycles. The summed E-state index contributed by atoms with van der Waals surface area (Å²) in [6, 6.07) is 13.1. The molecule has 1 saturated heterocycles. The van der Waals surface area contributed by atoms with Crippen molar-refractivity contribution in [1.29, 1.82) is 0 Å². The minimum absolute atomic E-state index is 0.196. The molecule has 3 nitrogen and oxygen atoms in total. The van der Waals surface area contributed by atoms with Gasteiger partial charge in [-0.1, -0.05) is 42.5 Å². The molecule has 0 saturated carbocycles. The monoisotopic (exact) mass is 320 g/mol. The number of hydrogen-bond donors (Lipinski definition) is 1. The molecule has 1 fully saturated rings. The van der Waals surface area contributed by atoms with Gasteiger partial charge in [0.2, 0.25) is 5.91 Å². The van der Waals surface area contributed by atoms with Crippen LogP contribution in [0.25, 0.3) is 0 Å². The number of nitrogens with zero attached hydrogens (tertiary/aromatic N) is 1. The Bertz CT molecular complexity index is 698. The van der Waals surface area contributed by atoms with Crippen LogP contribution in [0.4, 0.5) is 13.2 Å². The number of rotatable bonds is 3. The summed E-state index contributed by atoms with van der Waals surface area (Å²) < 4.78 is 37.9. The molecule has 0 aliphatic carbocycles. The fourth-order valence-electron chi connectivity index (χ4n) is 2.79. The lowest BCUT2D eigenvalue weighted by molar-refractivity contribution is -0.150. The Balaban J connectivity index is 1.81. The van der Waals surface area contributed by atoms with Gasteiger partial charge in [0.05, 0.1) is 11.6 Å². The van der Waals surface area contributed by atoms with Gasteiger partial charge in [0.1, 0.15) is 6.04 Å². The lowest BCUT2D eigenvalue weighted by Gasteiger charge is -2.45. The number of carbonyl (C=O) groups excluding carboxylic acids is 1. The molecule has 2 aromatic rings. The number of amides is 1. The van der Waals surface area contributed by atoms with Gasteiger partial charge in [0, 0.05) is 6.54 Å². The molecule has 0 spiro atoms. The lowest BCUT2D eigenvalue weighted by atomic mass is 9.88. The topological polar surface area (TPSA) is 46.3 Å². The smallest absolute Gasteiger partial charge is 0.328 e. The van der Waals surface area contributed by atoms with E-state index in [9.17, 15) is 18.0 Å². The number of β-lactam (4-membered cyclic amide) rings is 1. The fraction of sp³-hybridized carbons (Fsp3) is 0.235. The Kier molecular flexibility index (Phi) is 3.85. The molecule has 23 heavy (non-hydrogen) atoms. The van der Waals surface area contributed by atoms with E-state index in [4.69, 9.17) is 5.73 Å². The summed E-state index contributed by atoms with van der Waals surface area (Å²) in [7, 11) is 0. The maximum atomic E-state index is 12.6. The zero-order chi connectivity index (χ0) is 16.6. The number of nitrogens with two attached hydrogens (primary N) is 1. The van der Waals surface area contributed by atoms with Crippen LogP contribution in [-0.2, 0) is 17.5 Å². The summed E-state index contributed by atoms with van der Waals surface area (Å²) >= 11 is 0. The van der Waals surface area contributed by atoms with Crippen molar-refractivity contribution in [2.45, 2.75) is 24.8 Å². The van der Waals surface area contributed by atoms with Crippen LogP contribution in [0.3, 0.4) is 0 Å². The van der Waals surface area contributed by atoms with Gasteiger partial charge in [0.25, 0.3) is 0 Å². The molecule has 0 aromatic heterocycles. The third-order valence-electron chi connectivity index (χ3n) is 4.02. The molecule has 0 radical (unpaired) electrons. The van der Waals surface area contributed by atoms with Crippen molar-refractivity contribution < 1.29 is 18.0 Å². The molecule has 120 valence electrons. The van der Waals surface area contributed by atoms with Gasteiger partial charge in [-0.05, 0) is 23.3 Å². The lowest BCUT2D eigenvalue weighted by Crippen LogP contribution is -2.62. The average Bonchev–Trinajstić information content (AvgIpc) is 2.54. The summed E-state index contributed by atoms with van der Waals surface area (Å²) in [6.45, 7) is 0.388. The summed E-state index contributed by atoms with van der Waals surface area (Å²) in [5, 5.41) is 0. The van der Waals surface area contributed by atoms with E-state index in [-0.39, 0.29) is 5.91 Å². The van der Waals surface area contributed by atoms with Crippen LogP contribution in [0.1, 0.15) is 22.7 Å². The van der Waals surface area contributed by atoms with Gasteiger partial charge in [0.15, 0.2) is 0 Å². The highest BCUT2D eigenvalue weighted by Gasteiger charge is 2.45. The molecule has 1 aliphatic rings. The first-order valence-electron chi connectivity index (χ1n) is 7.15. The molecule has 0 unspecified atom stereocenters. The second kappa shape index (κ2) is 5.70. The summed E-state index contributed by atoms with van der Waals surface area (Å²) in [5.41, 5.74) is 6.70. The van der Waals surface area contributed by atoms with E-state index >= 15 is 0 Å². The van der Waals surface area contributed by atoms with Gasteiger partial charge < -0.3 is 10.6 Å². The number of likely N-dealkylation sites (tertiary alicyclic amines) is 1. The van der Waals surface area contributed by atoms with Crippen LogP contribution in [-0.4, -0.2) is 16.8 Å². The maximum absolute atomic E-state index is 12.6. The van der Waals surface area contributed by atoms with Gasteiger partial charge in [-0.3, -0.25) is 4.79 Å². The number of carbonyl (C=O) groups is 1. The van der Waals surface area contributed by atoms with Crippen molar-refractivity contribution in [2.75, 3.05) is 0 Å². The average molecular weight is 320 g/mol. The highest BCUT2D eigenvalue weighted by atomic mass is 19.4. The number of alkyl halides is 3. The van der Waals surface area contributed by atoms with E-state index in [1.807, 2.05) is 30.3 Å². The molecule has 0 bridgehead atoms. The quantitative estimate of drug-likeness (QED) is 0.883. The van der Waals surface area contributed by atoms with E-state index in [0.29, 0.717) is 12.1 Å².